The Kier molecular flexibility index (Phi) is 7.08. The van der Waals surface area contributed by atoms with Crippen molar-refractivity contribution in [3.8, 4) is 5.75 Å². The van der Waals surface area contributed by atoms with Gasteiger partial charge in [-0.1, -0.05) is 11.6 Å². The van der Waals surface area contributed by atoms with Crippen molar-refractivity contribution in [2.24, 2.45) is 0 Å². The van der Waals surface area contributed by atoms with Gasteiger partial charge in [-0.3, -0.25) is 4.79 Å². The second kappa shape index (κ2) is 9.20. The lowest BCUT2D eigenvalue weighted by Crippen LogP contribution is -2.31. The molecule has 1 amide bonds. The van der Waals surface area contributed by atoms with Gasteiger partial charge in [-0.25, -0.2) is 21.6 Å². The molecule has 1 aliphatic rings. The van der Waals surface area contributed by atoms with Crippen LogP contribution in [-0.2, 0) is 24.7 Å². The third-order valence-corrected chi connectivity index (χ3v) is 9.84. The van der Waals surface area contributed by atoms with Gasteiger partial charge in [0.05, 0.1) is 19.9 Å². The Morgan fingerprint density at radius 1 is 1.03 bits per heavy atom. The number of sulfone groups is 1. The molecule has 2 aromatic carbocycles. The van der Waals surface area contributed by atoms with Crippen molar-refractivity contribution in [3.05, 3.63) is 64.0 Å². The van der Waals surface area contributed by atoms with E-state index in [1.165, 1.54) is 31.2 Å². The lowest BCUT2D eigenvalue weighted by atomic mass is 10.2. The molecule has 0 saturated heterocycles. The van der Waals surface area contributed by atoms with E-state index in [0.717, 1.165) is 36.0 Å². The van der Waals surface area contributed by atoms with Crippen LogP contribution < -0.4 is 9.46 Å². The van der Waals surface area contributed by atoms with Gasteiger partial charge in [0.1, 0.15) is 5.75 Å². The zero-order valence-electron chi connectivity index (χ0n) is 16.6. The average molecular weight is 542 g/mol. The number of alkyl halides is 3. The first kappa shape index (κ1) is 25.4. The topological polar surface area (TPSA) is 107 Å². The molecule has 1 N–H and O–H groups in total. The highest BCUT2D eigenvalue weighted by Crippen LogP contribution is 2.38. The Morgan fingerprint density at radius 3 is 2.12 bits per heavy atom. The first-order valence-electron chi connectivity index (χ1n) is 8.97. The molecule has 0 fully saturated rings. The maximum Gasteiger partial charge on any atom is 0.573 e. The predicted molar refractivity (Wildman–Crippen MR) is 116 cm³/mol. The number of sulfonamides is 1. The average Bonchev–Trinajstić information content (AvgIpc) is 3.09. The number of thioether (sulfide) groups is 1. The predicted octanol–water partition coefficient (Wildman–Crippen LogP) is 3.91. The van der Waals surface area contributed by atoms with E-state index < -0.39 is 48.0 Å². The lowest BCUT2D eigenvalue weighted by molar-refractivity contribution is -0.274. The van der Waals surface area contributed by atoms with Gasteiger partial charge >= 0.3 is 6.36 Å². The summed E-state index contributed by atoms with van der Waals surface area (Å²) in [5, 5.41) is -0.698. The van der Waals surface area contributed by atoms with Gasteiger partial charge in [-0.15, -0.1) is 24.9 Å². The molecule has 1 atom stereocenters. The van der Waals surface area contributed by atoms with Gasteiger partial charge in [0.2, 0.25) is 0 Å². The fourth-order valence-corrected chi connectivity index (χ4v) is 7.64. The molecular formula is C19H15ClF3NO6S3. The second-order valence-corrected chi connectivity index (χ2v) is 12.0. The highest BCUT2D eigenvalue weighted by atomic mass is 35.5. The van der Waals surface area contributed by atoms with Crippen LogP contribution in [0.2, 0.25) is 5.02 Å². The molecule has 0 aromatic heterocycles. The monoisotopic (exact) mass is 541 g/mol. The number of hydrogen-bond donors (Lipinski definition) is 1. The van der Waals surface area contributed by atoms with E-state index in [2.05, 4.69) is 4.74 Å². The number of carbonyl (C=O) groups is 1. The first-order chi connectivity index (χ1) is 15.2. The number of halogens is 4. The maximum absolute atomic E-state index is 12.9. The van der Waals surface area contributed by atoms with Crippen molar-refractivity contribution in [3.63, 3.8) is 0 Å². The van der Waals surface area contributed by atoms with Crippen LogP contribution in [-0.4, -0.2) is 40.1 Å². The van der Waals surface area contributed by atoms with Crippen LogP contribution in [0.1, 0.15) is 6.92 Å². The van der Waals surface area contributed by atoms with Crippen LogP contribution in [0.5, 0.6) is 5.75 Å². The number of rotatable bonds is 6. The summed E-state index contributed by atoms with van der Waals surface area (Å²) in [6, 6.07) is 8.77. The third-order valence-electron chi connectivity index (χ3n) is 4.54. The summed E-state index contributed by atoms with van der Waals surface area (Å²) in [4.78, 5) is 12.1. The molecule has 0 aliphatic carbocycles. The van der Waals surface area contributed by atoms with E-state index in [1.54, 1.807) is 0 Å². The number of amides is 1. The van der Waals surface area contributed by atoms with Crippen LogP contribution in [0.3, 0.4) is 0 Å². The molecule has 1 aliphatic heterocycles. The zero-order chi connectivity index (χ0) is 24.6. The van der Waals surface area contributed by atoms with E-state index in [-0.39, 0.29) is 21.1 Å². The molecule has 14 heteroatoms. The third kappa shape index (κ3) is 5.83. The molecule has 7 nitrogen and oxygen atoms in total. The Labute approximate surface area is 196 Å². The van der Waals surface area contributed by atoms with Crippen LogP contribution >= 0.6 is 23.4 Å². The minimum Gasteiger partial charge on any atom is -0.406 e. The van der Waals surface area contributed by atoms with Crippen LogP contribution in [0.15, 0.2) is 68.8 Å². The minimum atomic E-state index is -4.94. The first-order valence-corrected chi connectivity index (χ1v) is 13.4. The second-order valence-electron chi connectivity index (χ2n) is 6.76. The zero-order valence-corrected chi connectivity index (χ0v) is 19.8. The van der Waals surface area contributed by atoms with Gasteiger partial charge in [-0.05, 0) is 61.0 Å². The molecule has 178 valence electrons. The summed E-state index contributed by atoms with van der Waals surface area (Å²) in [6.07, 6.45) is -4.94. The summed E-state index contributed by atoms with van der Waals surface area (Å²) >= 11 is 6.68. The van der Waals surface area contributed by atoms with E-state index in [0.29, 0.717) is 5.02 Å². The fraction of sp³-hybridized carbons (Fsp3) is 0.211. The van der Waals surface area contributed by atoms with Crippen LogP contribution in [0, 0.1) is 0 Å². The summed E-state index contributed by atoms with van der Waals surface area (Å²) in [5.41, 5.74) is 0.177. The normalized spacial score (nSPS) is 17.2. The number of nitrogens with one attached hydrogen (secondary N) is 1. The SMILES string of the molecule is CC1=C(C(=O)NS(=O)(=O)c2ccc(OC(F)(F)F)cc2)SCC1S(=O)(=O)c1ccc(Cl)cc1. The Morgan fingerprint density at radius 2 is 1.58 bits per heavy atom. The number of ether oxygens (including phenoxy) is 1. The molecule has 0 saturated carbocycles. The van der Waals surface area contributed by atoms with E-state index in [4.69, 9.17) is 11.6 Å². The molecule has 0 radical (unpaired) electrons. The molecule has 1 heterocycles. The summed E-state index contributed by atoms with van der Waals surface area (Å²) in [5.74, 6) is -1.67. The summed E-state index contributed by atoms with van der Waals surface area (Å²) < 4.78 is 93.0. The summed E-state index contributed by atoms with van der Waals surface area (Å²) in [7, 11) is -8.30. The molecule has 3 rings (SSSR count). The van der Waals surface area contributed by atoms with Crippen molar-refractivity contribution in [2.45, 2.75) is 28.3 Å². The molecule has 33 heavy (non-hydrogen) atoms. The van der Waals surface area contributed by atoms with Crippen LogP contribution in [0.25, 0.3) is 0 Å². The van der Waals surface area contributed by atoms with Gasteiger partial charge in [0, 0.05) is 10.8 Å². The van der Waals surface area contributed by atoms with Crippen molar-refractivity contribution >= 4 is 49.1 Å². The smallest absolute Gasteiger partial charge is 0.406 e. The molecule has 2 aromatic rings. The lowest BCUT2D eigenvalue weighted by Gasteiger charge is -2.13. The van der Waals surface area contributed by atoms with Crippen molar-refractivity contribution in [1.29, 1.82) is 0 Å². The Hall–Kier alpha value is -2.22. The summed E-state index contributed by atoms with van der Waals surface area (Å²) in [6.45, 7) is 1.42. The molecule has 0 spiro atoms. The number of hydrogen-bond acceptors (Lipinski definition) is 7. The Balaban J connectivity index is 1.79. The van der Waals surface area contributed by atoms with Gasteiger partial charge in [0.15, 0.2) is 9.84 Å². The van der Waals surface area contributed by atoms with Crippen molar-refractivity contribution in [2.75, 3.05) is 5.75 Å². The number of benzene rings is 2. The van der Waals surface area contributed by atoms with Gasteiger partial charge in [0.25, 0.3) is 15.9 Å². The van der Waals surface area contributed by atoms with Gasteiger partial charge in [-0.2, -0.15) is 0 Å². The quantitative estimate of drug-likeness (QED) is 0.591. The largest absolute Gasteiger partial charge is 0.573 e. The van der Waals surface area contributed by atoms with Crippen molar-refractivity contribution in [1.82, 2.24) is 4.72 Å². The van der Waals surface area contributed by atoms with E-state index >= 15 is 0 Å². The highest BCUT2D eigenvalue weighted by Gasteiger charge is 2.38. The van der Waals surface area contributed by atoms with Gasteiger partial charge < -0.3 is 4.74 Å². The van der Waals surface area contributed by atoms with Crippen molar-refractivity contribution < 1.29 is 39.5 Å². The molecule has 1 unspecified atom stereocenters. The Bertz CT molecular complexity index is 1310. The van der Waals surface area contributed by atoms with Crippen LogP contribution in [0.4, 0.5) is 13.2 Å². The minimum absolute atomic E-state index is 0.00305. The van der Waals surface area contributed by atoms with E-state index in [1.807, 2.05) is 4.72 Å². The van der Waals surface area contributed by atoms with E-state index in [9.17, 15) is 34.8 Å². The standard InChI is InChI=1S/C19H15ClF3NO6S3/c1-11-16(32(26,27)14-6-2-12(20)3-7-14)10-31-17(11)18(25)24-33(28,29)15-8-4-13(5-9-15)30-19(21,22)23/h2-9,16H,10H2,1H3,(H,24,25). The number of carbonyl (C=O) groups excluding carboxylic acids is 1. The fourth-order valence-electron chi connectivity index (χ4n) is 2.95. The maximum atomic E-state index is 12.9. The molecule has 0 bridgehead atoms. The molecular weight excluding hydrogens is 527 g/mol. The highest BCUT2D eigenvalue weighted by molar-refractivity contribution is 8.05.